The summed E-state index contributed by atoms with van der Waals surface area (Å²) < 4.78 is 1.91. The minimum Gasteiger partial charge on any atom is -0.313 e. The summed E-state index contributed by atoms with van der Waals surface area (Å²) in [6.07, 6.45) is 5.46. The fourth-order valence-electron chi connectivity index (χ4n) is 2.41. The highest BCUT2D eigenvalue weighted by molar-refractivity contribution is 5.65. The highest BCUT2D eigenvalue weighted by Crippen LogP contribution is 2.24. The monoisotopic (exact) mass is 271 g/mol. The predicted octanol–water partition coefficient (Wildman–Crippen LogP) is 3.54. The topological polar surface area (TPSA) is 29.9 Å². The molecule has 20 heavy (non-hydrogen) atoms. The lowest BCUT2D eigenvalue weighted by atomic mass is 10.0. The van der Waals surface area contributed by atoms with Gasteiger partial charge in [-0.25, -0.2) is 0 Å². The molecule has 0 aliphatic carbocycles. The molecular weight excluding hydrogens is 246 g/mol. The van der Waals surface area contributed by atoms with E-state index in [2.05, 4.69) is 54.7 Å². The lowest BCUT2D eigenvalue weighted by Gasteiger charge is -2.05. The van der Waals surface area contributed by atoms with Crippen molar-refractivity contribution in [2.45, 2.75) is 39.7 Å². The van der Waals surface area contributed by atoms with Crippen LogP contribution in [0.4, 0.5) is 0 Å². The zero-order chi connectivity index (χ0) is 14.4. The fourth-order valence-corrected chi connectivity index (χ4v) is 2.41. The first-order valence-electron chi connectivity index (χ1n) is 7.57. The van der Waals surface area contributed by atoms with Gasteiger partial charge in [0.05, 0.1) is 5.69 Å². The quantitative estimate of drug-likeness (QED) is 0.781. The highest BCUT2D eigenvalue weighted by atomic mass is 15.2. The maximum Gasteiger partial charge on any atom is 0.0702 e. The molecule has 0 saturated heterocycles. The van der Waals surface area contributed by atoms with E-state index in [-0.39, 0.29) is 0 Å². The van der Waals surface area contributed by atoms with Gasteiger partial charge in [-0.05, 0) is 30.5 Å². The smallest absolute Gasteiger partial charge is 0.0702 e. The second kappa shape index (κ2) is 7.25. The summed E-state index contributed by atoms with van der Waals surface area (Å²) in [7, 11) is 1.99. The molecule has 0 atom stereocenters. The Kier molecular flexibility index (Phi) is 5.36. The van der Waals surface area contributed by atoms with E-state index in [0.717, 1.165) is 25.9 Å². The molecule has 1 aromatic heterocycles. The van der Waals surface area contributed by atoms with Gasteiger partial charge in [-0.15, -0.1) is 0 Å². The summed E-state index contributed by atoms with van der Waals surface area (Å²) in [4.78, 5) is 0. The Morgan fingerprint density at radius 1 is 1.10 bits per heavy atom. The van der Waals surface area contributed by atoms with Gasteiger partial charge < -0.3 is 5.32 Å². The number of nitrogens with one attached hydrogen (secondary N) is 1. The molecule has 1 aromatic carbocycles. The van der Waals surface area contributed by atoms with E-state index in [0.29, 0.717) is 0 Å². The summed E-state index contributed by atoms with van der Waals surface area (Å²) in [6, 6.07) is 8.83. The average Bonchev–Trinajstić information content (AvgIpc) is 2.81. The zero-order valence-electron chi connectivity index (χ0n) is 12.8. The van der Waals surface area contributed by atoms with E-state index in [1.165, 1.54) is 28.8 Å². The van der Waals surface area contributed by atoms with E-state index in [1.54, 1.807) is 0 Å². The maximum absolute atomic E-state index is 4.56. The van der Waals surface area contributed by atoms with Crippen LogP contribution < -0.4 is 5.32 Å². The van der Waals surface area contributed by atoms with E-state index in [4.69, 9.17) is 0 Å². The van der Waals surface area contributed by atoms with E-state index >= 15 is 0 Å². The van der Waals surface area contributed by atoms with Crippen molar-refractivity contribution in [3.05, 3.63) is 41.7 Å². The molecule has 0 fully saturated rings. The van der Waals surface area contributed by atoms with Crippen LogP contribution in [0.1, 0.15) is 37.9 Å². The number of hydrogen-bond donors (Lipinski definition) is 1. The van der Waals surface area contributed by atoms with Crippen molar-refractivity contribution in [1.82, 2.24) is 15.1 Å². The Morgan fingerprint density at radius 2 is 1.85 bits per heavy atom. The van der Waals surface area contributed by atoms with Crippen LogP contribution in [0.2, 0.25) is 0 Å². The number of nitrogens with zero attached hydrogens (tertiary/aromatic N) is 2. The molecule has 0 aliphatic rings. The Bertz CT molecular complexity index is 526. The number of hydrogen-bond acceptors (Lipinski definition) is 2. The van der Waals surface area contributed by atoms with Crippen LogP contribution in [-0.4, -0.2) is 16.3 Å². The predicted molar refractivity (Wildman–Crippen MR) is 84.6 cm³/mol. The SMILES string of the molecule is CCCNCc1ccc(-c2cn(C)nc2CCC)cc1. The minimum atomic E-state index is 0.947. The van der Waals surface area contributed by atoms with Gasteiger partial charge in [-0.3, -0.25) is 4.68 Å². The molecular formula is C17H25N3. The second-order valence-electron chi connectivity index (χ2n) is 5.29. The standard InChI is InChI=1S/C17H25N3/c1-4-6-17-16(13-20(3)19-17)15-9-7-14(8-10-15)12-18-11-5-2/h7-10,13,18H,4-6,11-12H2,1-3H3. The van der Waals surface area contributed by atoms with Crippen molar-refractivity contribution in [2.24, 2.45) is 7.05 Å². The van der Waals surface area contributed by atoms with Crippen molar-refractivity contribution in [3.8, 4) is 11.1 Å². The van der Waals surface area contributed by atoms with Crippen molar-refractivity contribution in [1.29, 1.82) is 0 Å². The van der Waals surface area contributed by atoms with Crippen molar-refractivity contribution in [3.63, 3.8) is 0 Å². The molecule has 0 saturated carbocycles. The van der Waals surface area contributed by atoms with E-state index < -0.39 is 0 Å². The first kappa shape index (κ1) is 14.8. The lowest BCUT2D eigenvalue weighted by Crippen LogP contribution is -2.13. The number of rotatable bonds is 7. The van der Waals surface area contributed by atoms with Gasteiger partial charge in [0.1, 0.15) is 0 Å². The van der Waals surface area contributed by atoms with Gasteiger partial charge in [-0.2, -0.15) is 5.10 Å². The summed E-state index contributed by atoms with van der Waals surface area (Å²) in [5, 5.41) is 7.99. The fraction of sp³-hybridized carbons (Fsp3) is 0.471. The number of aryl methyl sites for hydroxylation is 2. The van der Waals surface area contributed by atoms with Crippen LogP contribution in [0, 0.1) is 0 Å². The van der Waals surface area contributed by atoms with Gasteiger partial charge in [0.25, 0.3) is 0 Å². The van der Waals surface area contributed by atoms with Gasteiger partial charge >= 0.3 is 0 Å². The normalized spacial score (nSPS) is 10.9. The summed E-state index contributed by atoms with van der Waals surface area (Å²) in [5.41, 5.74) is 5.07. The van der Waals surface area contributed by atoms with E-state index in [9.17, 15) is 0 Å². The second-order valence-corrected chi connectivity index (χ2v) is 5.29. The van der Waals surface area contributed by atoms with Crippen molar-refractivity contribution >= 4 is 0 Å². The van der Waals surface area contributed by atoms with Gasteiger partial charge in [0.2, 0.25) is 0 Å². The minimum absolute atomic E-state index is 0.947. The first-order valence-corrected chi connectivity index (χ1v) is 7.57. The van der Waals surface area contributed by atoms with Crippen LogP contribution in [0.3, 0.4) is 0 Å². The van der Waals surface area contributed by atoms with E-state index in [1.807, 2.05) is 11.7 Å². The molecule has 0 amide bonds. The summed E-state index contributed by atoms with van der Waals surface area (Å²) >= 11 is 0. The third-order valence-electron chi connectivity index (χ3n) is 3.41. The van der Waals surface area contributed by atoms with Gasteiger partial charge in [-0.1, -0.05) is 44.5 Å². The lowest BCUT2D eigenvalue weighted by molar-refractivity contribution is 0.675. The molecule has 0 radical (unpaired) electrons. The van der Waals surface area contributed by atoms with Crippen molar-refractivity contribution in [2.75, 3.05) is 6.54 Å². The van der Waals surface area contributed by atoms with Gasteiger partial charge in [0.15, 0.2) is 0 Å². The third-order valence-corrected chi connectivity index (χ3v) is 3.41. The number of aromatic nitrogens is 2. The van der Waals surface area contributed by atoms with Crippen LogP contribution in [0.15, 0.2) is 30.5 Å². The highest BCUT2D eigenvalue weighted by Gasteiger charge is 2.08. The molecule has 2 rings (SSSR count). The molecule has 0 spiro atoms. The molecule has 2 aromatic rings. The Hall–Kier alpha value is -1.61. The molecule has 0 bridgehead atoms. The molecule has 0 aliphatic heterocycles. The van der Waals surface area contributed by atoms with Crippen LogP contribution in [0.5, 0.6) is 0 Å². The number of benzene rings is 1. The Balaban J connectivity index is 2.13. The summed E-state index contributed by atoms with van der Waals surface area (Å²) in [5.74, 6) is 0. The van der Waals surface area contributed by atoms with Crippen LogP contribution in [-0.2, 0) is 20.0 Å². The molecule has 108 valence electrons. The first-order chi connectivity index (χ1) is 9.74. The molecule has 1 heterocycles. The average molecular weight is 271 g/mol. The molecule has 3 heteroatoms. The third kappa shape index (κ3) is 3.70. The summed E-state index contributed by atoms with van der Waals surface area (Å²) in [6.45, 7) is 6.41. The molecule has 3 nitrogen and oxygen atoms in total. The van der Waals surface area contributed by atoms with Crippen LogP contribution in [0.25, 0.3) is 11.1 Å². The molecule has 1 N–H and O–H groups in total. The van der Waals surface area contributed by atoms with Crippen molar-refractivity contribution < 1.29 is 0 Å². The Labute approximate surface area is 122 Å². The maximum atomic E-state index is 4.56. The molecule has 0 unspecified atom stereocenters. The van der Waals surface area contributed by atoms with Crippen LogP contribution >= 0.6 is 0 Å². The largest absolute Gasteiger partial charge is 0.313 e. The Morgan fingerprint density at radius 3 is 2.50 bits per heavy atom. The van der Waals surface area contributed by atoms with Gasteiger partial charge in [0, 0.05) is 25.4 Å². The zero-order valence-corrected chi connectivity index (χ0v) is 12.8.